The SMILES string of the molecule is Cc1nc(CSCCN)c(Cl)[nH]1. The molecule has 0 aliphatic heterocycles. The van der Waals surface area contributed by atoms with Crippen LogP contribution in [0.5, 0.6) is 0 Å². The Morgan fingerprint density at radius 3 is 2.92 bits per heavy atom. The molecule has 12 heavy (non-hydrogen) atoms. The average molecular weight is 206 g/mol. The summed E-state index contributed by atoms with van der Waals surface area (Å²) in [7, 11) is 0. The minimum Gasteiger partial charge on any atom is -0.333 e. The zero-order chi connectivity index (χ0) is 8.97. The summed E-state index contributed by atoms with van der Waals surface area (Å²) in [5, 5.41) is 0.650. The molecule has 0 atom stereocenters. The first kappa shape index (κ1) is 9.89. The zero-order valence-electron chi connectivity index (χ0n) is 6.93. The molecule has 0 aliphatic rings. The van der Waals surface area contributed by atoms with Crippen molar-refractivity contribution in [2.24, 2.45) is 5.73 Å². The van der Waals surface area contributed by atoms with Gasteiger partial charge in [-0.25, -0.2) is 4.98 Å². The van der Waals surface area contributed by atoms with E-state index in [1.807, 2.05) is 6.92 Å². The maximum Gasteiger partial charge on any atom is 0.130 e. The van der Waals surface area contributed by atoms with Crippen LogP contribution >= 0.6 is 23.4 Å². The molecule has 0 radical (unpaired) electrons. The van der Waals surface area contributed by atoms with Crippen molar-refractivity contribution in [1.82, 2.24) is 9.97 Å². The van der Waals surface area contributed by atoms with Crippen molar-refractivity contribution in [3.8, 4) is 0 Å². The van der Waals surface area contributed by atoms with Crippen LogP contribution in [0, 0.1) is 6.92 Å². The Labute approximate surface area is 81.1 Å². The predicted molar refractivity (Wildman–Crippen MR) is 53.6 cm³/mol. The number of rotatable bonds is 4. The number of halogens is 1. The molecule has 68 valence electrons. The van der Waals surface area contributed by atoms with Crippen molar-refractivity contribution in [1.29, 1.82) is 0 Å². The Morgan fingerprint density at radius 2 is 2.42 bits per heavy atom. The molecule has 0 aromatic carbocycles. The number of nitrogens with one attached hydrogen (secondary N) is 1. The molecule has 1 heterocycles. The van der Waals surface area contributed by atoms with Crippen LogP contribution < -0.4 is 5.73 Å². The van der Waals surface area contributed by atoms with Crippen LogP contribution in [0.15, 0.2) is 0 Å². The summed E-state index contributed by atoms with van der Waals surface area (Å²) in [6.45, 7) is 2.59. The lowest BCUT2D eigenvalue weighted by Gasteiger charge is -1.95. The second kappa shape index (κ2) is 4.74. The summed E-state index contributed by atoms with van der Waals surface area (Å²) in [4.78, 5) is 7.18. The van der Waals surface area contributed by atoms with Gasteiger partial charge in [-0.3, -0.25) is 0 Å². The van der Waals surface area contributed by atoms with Gasteiger partial charge in [-0.05, 0) is 6.92 Å². The Bertz CT molecular complexity index is 249. The van der Waals surface area contributed by atoms with E-state index in [1.54, 1.807) is 11.8 Å². The number of aromatic nitrogens is 2. The van der Waals surface area contributed by atoms with Gasteiger partial charge >= 0.3 is 0 Å². The summed E-state index contributed by atoms with van der Waals surface area (Å²) >= 11 is 7.60. The molecule has 0 spiro atoms. The highest BCUT2D eigenvalue weighted by atomic mass is 35.5. The van der Waals surface area contributed by atoms with E-state index in [0.29, 0.717) is 11.7 Å². The van der Waals surface area contributed by atoms with Gasteiger partial charge in [-0.2, -0.15) is 11.8 Å². The quantitative estimate of drug-likeness (QED) is 0.734. The van der Waals surface area contributed by atoms with E-state index in [4.69, 9.17) is 17.3 Å². The molecule has 1 rings (SSSR count). The highest BCUT2D eigenvalue weighted by Gasteiger charge is 2.04. The van der Waals surface area contributed by atoms with Crippen LogP contribution in [-0.2, 0) is 5.75 Å². The van der Waals surface area contributed by atoms with Gasteiger partial charge in [-0.1, -0.05) is 11.6 Å². The van der Waals surface area contributed by atoms with E-state index in [1.165, 1.54) is 0 Å². The summed E-state index contributed by atoms with van der Waals surface area (Å²) in [5.41, 5.74) is 6.28. The van der Waals surface area contributed by atoms with Gasteiger partial charge in [0.15, 0.2) is 0 Å². The van der Waals surface area contributed by atoms with Crippen LogP contribution in [0.4, 0.5) is 0 Å². The number of thioether (sulfide) groups is 1. The van der Waals surface area contributed by atoms with Gasteiger partial charge in [0.05, 0.1) is 5.69 Å². The number of aromatic amines is 1. The number of H-pyrrole nitrogens is 1. The minimum absolute atomic E-state index is 0.650. The number of aryl methyl sites for hydroxylation is 1. The molecule has 0 bridgehead atoms. The van der Waals surface area contributed by atoms with Crippen LogP contribution in [0.1, 0.15) is 11.5 Å². The lowest BCUT2D eigenvalue weighted by atomic mass is 10.6. The molecule has 0 unspecified atom stereocenters. The van der Waals surface area contributed by atoms with Gasteiger partial charge in [0, 0.05) is 18.1 Å². The minimum atomic E-state index is 0.650. The van der Waals surface area contributed by atoms with Crippen molar-refractivity contribution in [2.75, 3.05) is 12.3 Å². The van der Waals surface area contributed by atoms with E-state index in [9.17, 15) is 0 Å². The topological polar surface area (TPSA) is 54.7 Å². The van der Waals surface area contributed by atoms with E-state index in [-0.39, 0.29) is 0 Å². The van der Waals surface area contributed by atoms with Crippen molar-refractivity contribution in [2.45, 2.75) is 12.7 Å². The predicted octanol–water partition coefficient (Wildman–Crippen LogP) is 1.56. The Morgan fingerprint density at radius 1 is 1.67 bits per heavy atom. The smallest absolute Gasteiger partial charge is 0.130 e. The summed E-state index contributed by atoms with van der Waals surface area (Å²) in [6, 6.07) is 0. The fraction of sp³-hybridized carbons (Fsp3) is 0.571. The van der Waals surface area contributed by atoms with Crippen LogP contribution in [-0.4, -0.2) is 22.3 Å². The molecule has 5 heteroatoms. The summed E-state index contributed by atoms with van der Waals surface area (Å²) in [6.07, 6.45) is 0. The first-order chi connectivity index (χ1) is 5.74. The molecular formula is C7H12ClN3S. The maximum atomic E-state index is 5.86. The molecule has 1 aromatic rings. The van der Waals surface area contributed by atoms with Crippen molar-refractivity contribution >= 4 is 23.4 Å². The molecule has 3 N–H and O–H groups in total. The first-order valence-electron chi connectivity index (χ1n) is 3.73. The normalized spacial score (nSPS) is 10.6. The van der Waals surface area contributed by atoms with E-state index in [0.717, 1.165) is 23.0 Å². The van der Waals surface area contributed by atoms with Crippen LogP contribution in [0.3, 0.4) is 0 Å². The molecule has 1 aromatic heterocycles. The standard InChI is InChI=1S/C7H12ClN3S/c1-5-10-6(7(8)11-5)4-12-3-2-9/h2-4,9H2,1H3,(H,10,11). The van der Waals surface area contributed by atoms with Gasteiger partial charge in [0.1, 0.15) is 11.0 Å². The van der Waals surface area contributed by atoms with Crippen LogP contribution in [0.2, 0.25) is 5.15 Å². The molecular weight excluding hydrogens is 194 g/mol. The third-order valence-electron chi connectivity index (χ3n) is 1.35. The second-order valence-electron chi connectivity index (χ2n) is 2.42. The lowest BCUT2D eigenvalue weighted by Crippen LogP contribution is -2.01. The van der Waals surface area contributed by atoms with Crippen molar-refractivity contribution < 1.29 is 0 Å². The summed E-state index contributed by atoms with van der Waals surface area (Å²) < 4.78 is 0. The Kier molecular flexibility index (Phi) is 3.91. The third-order valence-corrected chi connectivity index (χ3v) is 2.66. The lowest BCUT2D eigenvalue weighted by molar-refractivity contribution is 1.11. The van der Waals surface area contributed by atoms with E-state index in [2.05, 4.69) is 9.97 Å². The first-order valence-corrected chi connectivity index (χ1v) is 5.26. The number of imidazole rings is 1. The van der Waals surface area contributed by atoms with Gasteiger partial charge < -0.3 is 10.7 Å². The fourth-order valence-electron chi connectivity index (χ4n) is 0.858. The Balaban J connectivity index is 2.45. The highest BCUT2D eigenvalue weighted by Crippen LogP contribution is 2.17. The number of hydrogen-bond donors (Lipinski definition) is 2. The van der Waals surface area contributed by atoms with Crippen LogP contribution in [0.25, 0.3) is 0 Å². The second-order valence-corrected chi connectivity index (χ2v) is 3.91. The third kappa shape index (κ3) is 2.69. The number of nitrogens with two attached hydrogens (primary N) is 1. The number of nitrogens with zero attached hydrogens (tertiary/aromatic N) is 1. The maximum absolute atomic E-state index is 5.86. The Hall–Kier alpha value is -0.190. The average Bonchev–Trinajstić information content (AvgIpc) is 2.31. The zero-order valence-corrected chi connectivity index (χ0v) is 8.50. The molecule has 0 fully saturated rings. The van der Waals surface area contributed by atoms with Gasteiger partial charge in [0.2, 0.25) is 0 Å². The van der Waals surface area contributed by atoms with Gasteiger partial charge in [0.25, 0.3) is 0 Å². The monoisotopic (exact) mass is 205 g/mol. The highest BCUT2D eigenvalue weighted by molar-refractivity contribution is 7.98. The van der Waals surface area contributed by atoms with E-state index >= 15 is 0 Å². The molecule has 0 aliphatic carbocycles. The molecule has 3 nitrogen and oxygen atoms in total. The largest absolute Gasteiger partial charge is 0.333 e. The van der Waals surface area contributed by atoms with Gasteiger partial charge in [-0.15, -0.1) is 0 Å². The molecule has 0 saturated heterocycles. The summed E-state index contributed by atoms with van der Waals surface area (Å²) in [5.74, 6) is 2.64. The van der Waals surface area contributed by atoms with Crippen molar-refractivity contribution in [3.05, 3.63) is 16.7 Å². The number of hydrogen-bond acceptors (Lipinski definition) is 3. The van der Waals surface area contributed by atoms with E-state index < -0.39 is 0 Å². The fourth-order valence-corrected chi connectivity index (χ4v) is 1.90. The molecule has 0 saturated carbocycles. The van der Waals surface area contributed by atoms with Crippen molar-refractivity contribution in [3.63, 3.8) is 0 Å². The molecule has 0 amide bonds.